The molecule has 4 rings (SSSR count). The molecule has 8 nitrogen and oxygen atoms in total. The molecule has 3 aromatic rings. The van der Waals surface area contributed by atoms with Gasteiger partial charge in [-0.2, -0.15) is 9.29 Å². The van der Waals surface area contributed by atoms with Gasteiger partial charge in [0.15, 0.2) is 0 Å². The minimum absolute atomic E-state index is 0.197. The lowest BCUT2D eigenvalue weighted by atomic mass is 10.2. The van der Waals surface area contributed by atoms with E-state index in [1.807, 2.05) is 25.1 Å². The molecule has 31 heavy (non-hydrogen) atoms. The van der Waals surface area contributed by atoms with Gasteiger partial charge < -0.3 is 9.26 Å². The van der Waals surface area contributed by atoms with Gasteiger partial charge in [-0.15, -0.1) is 0 Å². The van der Waals surface area contributed by atoms with Crippen LogP contribution in [0.1, 0.15) is 18.4 Å². The van der Waals surface area contributed by atoms with Crippen LogP contribution in [0, 0.1) is 0 Å². The number of benzene rings is 2. The zero-order valence-corrected chi connectivity index (χ0v) is 18.5. The van der Waals surface area contributed by atoms with Crippen molar-refractivity contribution in [1.82, 2.24) is 19.3 Å². The van der Waals surface area contributed by atoms with Crippen molar-refractivity contribution in [2.75, 3.05) is 33.3 Å². The first-order valence-corrected chi connectivity index (χ1v) is 11.7. The number of aryl methyl sites for hydroxylation is 1. The topological polar surface area (TPSA) is 88.8 Å². The van der Waals surface area contributed by atoms with Gasteiger partial charge in [-0.05, 0) is 23.8 Å². The van der Waals surface area contributed by atoms with Gasteiger partial charge in [0, 0.05) is 39.1 Å². The van der Waals surface area contributed by atoms with Crippen molar-refractivity contribution >= 4 is 10.0 Å². The van der Waals surface area contributed by atoms with E-state index in [4.69, 9.17) is 9.26 Å². The van der Waals surface area contributed by atoms with Gasteiger partial charge in [-0.1, -0.05) is 42.4 Å². The van der Waals surface area contributed by atoms with Crippen LogP contribution in [0.25, 0.3) is 11.4 Å². The van der Waals surface area contributed by atoms with Crippen molar-refractivity contribution in [3.8, 4) is 17.1 Å². The summed E-state index contributed by atoms with van der Waals surface area (Å²) in [5.41, 5.74) is 1.72. The summed E-state index contributed by atoms with van der Waals surface area (Å²) in [4.78, 5) is 6.79. The molecule has 0 spiro atoms. The van der Waals surface area contributed by atoms with E-state index >= 15 is 0 Å². The lowest BCUT2D eigenvalue weighted by Gasteiger charge is -2.34. The highest BCUT2D eigenvalue weighted by Gasteiger charge is 2.29. The summed E-state index contributed by atoms with van der Waals surface area (Å²) in [6, 6.07) is 15.0. The van der Waals surface area contributed by atoms with Gasteiger partial charge in [0.05, 0.1) is 17.6 Å². The number of sulfonamides is 1. The molecule has 1 aliphatic heterocycles. The number of piperazine rings is 1. The summed E-state index contributed by atoms with van der Waals surface area (Å²) in [6.07, 6.45) is 0.598. The molecule has 1 fully saturated rings. The molecule has 2 heterocycles. The van der Waals surface area contributed by atoms with E-state index in [1.165, 1.54) is 17.0 Å². The van der Waals surface area contributed by atoms with Crippen LogP contribution >= 0.6 is 0 Å². The van der Waals surface area contributed by atoms with Crippen LogP contribution in [-0.2, 0) is 23.0 Å². The van der Waals surface area contributed by atoms with E-state index in [0.29, 0.717) is 55.6 Å². The fourth-order valence-electron chi connectivity index (χ4n) is 3.65. The first-order chi connectivity index (χ1) is 15.0. The second-order valence-electron chi connectivity index (χ2n) is 7.39. The Hall–Kier alpha value is -2.75. The van der Waals surface area contributed by atoms with Crippen molar-refractivity contribution < 1.29 is 17.7 Å². The predicted molar refractivity (Wildman–Crippen MR) is 116 cm³/mol. The lowest BCUT2D eigenvalue weighted by molar-refractivity contribution is 0.181. The minimum atomic E-state index is -3.65. The smallest absolute Gasteiger partial charge is 0.243 e. The van der Waals surface area contributed by atoms with E-state index in [9.17, 15) is 8.42 Å². The van der Waals surface area contributed by atoms with Crippen LogP contribution in [0.3, 0.4) is 0 Å². The van der Waals surface area contributed by atoms with Gasteiger partial charge in [0.2, 0.25) is 21.7 Å². The number of rotatable bonds is 7. The molecule has 2 aromatic carbocycles. The standard InChI is InChI=1S/C22H26N4O4S/c1-3-21-23-22(24-30-21)19-15-18(9-10-20(19)29-2)31(27,28)26-13-11-25(12-14-26)16-17-7-5-4-6-8-17/h4-10,15H,3,11-14,16H2,1-2H3. The van der Waals surface area contributed by atoms with Crippen LogP contribution < -0.4 is 4.74 Å². The molecule has 0 bridgehead atoms. The Morgan fingerprint density at radius 3 is 2.45 bits per heavy atom. The zero-order valence-electron chi connectivity index (χ0n) is 17.7. The van der Waals surface area contributed by atoms with Gasteiger partial charge in [-0.25, -0.2) is 8.42 Å². The Labute approximate surface area is 182 Å². The van der Waals surface area contributed by atoms with Gasteiger partial charge in [-0.3, -0.25) is 4.90 Å². The summed E-state index contributed by atoms with van der Waals surface area (Å²) < 4.78 is 38.7. The maximum atomic E-state index is 13.3. The van der Waals surface area contributed by atoms with E-state index in [1.54, 1.807) is 18.2 Å². The largest absolute Gasteiger partial charge is 0.496 e. The van der Waals surface area contributed by atoms with Crippen LogP contribution in [0.2, 0.25) is 0 Å². The van der Waals surface area contributed by atoms with E-state index in [0.717, 1.165) is 6.54 Å². The highest BCUT2D eigenvalue weighted by molar-refractivity contribution is 7.89. The van der Waals surface area contributed by atoms with Crippen molar-refractivity contribution in [2.24, 2.45) is 0 Å². The Bertz CT molecular complexity index is 1120. The average molecular weight is 443 g/mol. The quantitative estimate of drug-likeness (QED) is 0.556. The molecule has 0 aliphatic carbocycles. The number of nitrogens with zero attached hydrogens (tertiary/aromatic N) is 4. The highest BCUT2D eigenvalue weighted by Crippen LogP contribution is 2.32. The predicted octanol–water partition coefficient (Wildman–Crippen LogP) is 2.81. The molecule has 0 amide bonds. The number of aromatic nitrogens is 2. The number of methoxy groups -OCH3 is 1. The van der Waals surface area contributed by atoms with Crippen molar-refractivity contribution in [1.29, 1.82) is 0 Å². The second-order valence-corrected chi connectivity index (χ2v) is 9.33. The van der Waals surface area contributed by atoms with E-state index in [-0.39, 0.29) is 4.90 Å². The molecule has 0 radical (unpaired) electrons. The van der Waals surface area contributed by atoms with Crippen molar-refractivity contribution in [3.05, 3.63) is 60.0 Å². The second kappa shape index (κ2) is 9.17. The Morgan fingerprint density at radius 2 is 1.81 bits per heavy atom. The Kier molecular flexibility index (Phi) is 6.35. The maximum Gasteiger partial charge on any atom is 0.243 e. The molecule has 1 aliphatic rings. The molecular formula is C22H26N4O4S. The number of ether oxygens (including phenoxy) is 1. The summed E-state index contributed by atoms with van der Waals surface area (Å²) in [5.74, 6) is 1.30. The summed E-state index contributed by atoms with van der Waals surface area (Å²) >= 11 is 0. The molecule has 1 aromatic heterocycles. The summed E-state index contributed by atoms with van der Waals surface area (Å²) in [5, 5.41) is 3.97. The summed E-state index contributed by atoms with van der Waals surface area (Å²) in [6.45, 7) is 4.98. The molecule has 9 heteroatoms. The third kappa shape index (κ3) is 4.63. The van der Waals surface area contributed by atoms with Crippen LogP contribution in [0.5, 0.6) is 5.75 Å². The maximum absolute atomic E-state index is 13.3. The van der Waals surface area contributed by atoms with E-state index < -0.39 is 10.0 Å². The SMILES string of the molecule is CCc1nc(-c2cc(S(=O)(=O)N3CCN(Cc4ccccc4)CC3)ccc2OC)no1. The van der Waals surface area contributed by atoms with Crippen molar-refractivity contribution in [3.63, 3.8) is 0 Å². The monoisotopic (exact) mass is 442 g/mol. The van der Waals surface area contributed by atoms with Crippen LogP contribution in [0.4, 0.5) is 0 Å². The van der Waals surface area contributed by atoms with Crippen molar-refractivity contribution in [2.45, 2.75) is 24.8 Å². The molecule has 1 saturated heterocycles. The highest BCUT2D eigenvalue weighted by atomic mass is 32.2. The first kappa shape index (κ1) is 21.5. The fraction of sp³-hybridized carbons (Fsp3) is 0.364. The van der Waals surface area contributed by atoms with Crippen LogP contribution in [-0.4, -0.2) is 61.1 Å². The summed E-state index contributed by atoms with van der Waals surface area (Å²) in [7, 11) is -2.12. The third-order valence-corrected chi connectivity index (χ3v) is 7.30. The Balaban J connectivity index is 1.51. The fourth-order valence-corrected chi connectivity index (χ4v) is 5.10. The Morgan fingerprint density at radius 1 is 1.06 bits per heavy atom. The molecule has 0 unspecified atom stereocenters. The van der Waals surface area contributed by atoms with Gasteiger partial charge >= 0.3 is 0 Å². The molecule has 0 atom stereocenters. The molecule has 0 N–H and O–H groups in total. The molecule has 0 saturated carbocycles. The normalized spacial score (nSPS) is 15.8. The average Bonchev–Trinajstić information content (AvgIpc) is 3.29. The molecule has 164 valence electrons. The zero-order chi connectivity index (χ0) is 21.8. The number of hydrogen-bond acceptors (Lipinski definition) is 7. The molecular weight excluding hydrogens is 416 g/mol. The van der Waals surface area contributed by atoms with Crippen LogP contribution in [0.15, 0.2) is 57.9 Å². The number of hydrogen-bond donors (Lipinski definition) is 0. The van der Waals surface area contributed by atoms with E-state index in [2.05, 4.69) is 27.2 Å². The lowest BCUT2D eigenvalue weighted by Crippen LogP contribution is -2.48. The van der Waals surface area contributed by atoms with Gasteiger partial charge in [0.1, 0.15) is 5.75 Å². The first-order valence-electron chi connectivity index (χ1n) is 10.3. The third-order valence-electron chi connectivity index (χ3n) is 5.40. The minimum Gasteiger partial charge on any atom is -0.496 e. The van der Waals surface area contributed by atoms with Gasteiger partial charge in [0.25, 0.3) is 0 Å².